The molecule has 32 heavy (non-hydrogen) atoms. The molecule has 1 aromatic heterocycles. The molecule has 4 aromatic rings. The maximum absolute atomic E-state index is 12.2. The third kappa shape index (κ3) is 5.41. The summed E-state index contributed by atoms with van der Waals surface area (Å²) in [4.78, 5) is 12.2. The number of aromatic nitrogens is 3. The maximum atomic E-state index is 12.2. The number of nitrogens with zero attached hydrogens (tertiary/aromatic N) is 2. The second kappa shape index (κ2) is 9.93. The normalized spacial score (nSPS) is 10.5. The molecule has 162 valence electrons. The number of benzene rings is 3. The van der Waals surface area contributed by atoms with E-state index in [0.717, 1.165) is 22.4 Å². The first kappa shape index (κ1) is 21.3. The van der Waals surface area contributed by atoms with Crippen molar-refractivity contribution in [3.05, 3.63) is 94.8 Å². The van der Waals surface area contributed by atoms with Crippen molar-refractivity contribution in [2.24, 2.45) is 0 Å². The van der Waals surface area contributed by atoms with Crippen molar-refractivity contribution >= 4 is 23.8 Å². The first-order valence-electron chi connectivity index (χ1n) is 10.1. The Morgan fingerprint density at radius 3 is 2.62 bits per heavy atom. The maximum Gasteiger partial charge on any atom is 0.262 e. The Morgan fingerprint density at radius 1 is 1.06 bits per heavy atom. The van der Waals surface area contributed by atoms with Crippen molar-refractivity contribution in [2.45, 2.75) is 13.5 Å². The Morgan fingerprint density at radius 2 is 1.84 bits per heavy atom. The number of aromatic amines is 1. The van der Waals surface area contributed by atoms with Crippen molar-refractivity contribution in [3.8, 4) is 17.1 Å². The van der Waals surface area contributed by atoms with E-state index in [-0.39, 0.29) is 12.5 Å². The molecule has 0 radical (unpaired) electrons. The number of H-pyrrole nitrogens is 1. The quantitative estimate of drug-likeness (QED) is 0.343. The van der Waals surface area contributed by atoms with Crippen molar-refractivity contribution < 1.29 is 9.53 Å². The lowest BCUT2D eigenvalue weighted by molar-refractivity contribution is -0.118. The number of hydrogen-bond acceptors (Lipinski definition) is 5. The van der Waals surface area contributed by atoms with Gasteiger partial charge in [0.2, 0.25) is 4.77 Å². The topological polar surface area (TPSA) is 84.0 Å². The molecule has 7 nitrogen and oxygen atoms in total. The number of carbonyl (C=O) groups is 1. The summed E-state index contributed by atoms with van der Waals surface area (Å²) >= 11 is 5.36. The van der Waals surface area contributed by atoms with Crippen LogP contribution in [0.1, 0.15) is 11.1 Å². The van der Waals surface area contributed by atoms with Gasteiger partial charge in [0.05, 0.1) is 6.54 Å². The molecule has 8 heteroatoms. The summed E-state index contributed by atoms with van der Waals surface area (Å²) in [6, 6.07) is 25.0. The van der Waals surface area contributed by atoms with Gasteiger partial charge < -0.3 is 15.5 Å². The minimum atomic E-state index is -0.213. The zero-order chi connectivity index (χ0) is 22.3. The summed E-state index contributed by atoms with van der Waals surface area (Å²) in [7, 11) is 0. The standard InChI is InChI=1S/C24H23N5O2S/c1-17-10-12-20(13-11-17)26-22(30)16-31-21-9-5-6-18(14-21)15-25-29-23(27-28-24(29)32)19-7-3-2-4-8-19/h2-14,25H,15-16H2,1H3,(H,26,30)(H,28,32). The summed E-state index contributed by atoms with van der Waals surface area (Å²) in [5, 5.41) is 9.97. The number of anilines is 1. The van der Waals surface area contributed by atoms with Gasteiger partial charge in [-0.2, -0.15) is 5.10 Å². The molecule has 0 saturated carbocycles. The van der Waals surface area contributed by atoms with Gasteiger partial charge in [-0.15, -0.1) is 0 Å². The third-order valence-electron chi connectivity index (χ3n) is 4.75. The first-order valence-corrected chi connectivity index (χ1v) is 10.5. The summed E-state index contributed by atoms with van der Waals surface area (Å²) in [6.07, 6.45) is 0. The van der Waals surface area contributed by atoms with Gasteiger partial charge in [-0.1, -0.05) is 60.2 Å². The van der Waals surface area contributed by atoms with Crippen LogP contribution in [-0.4, -0.2) is 27.4 Å². The van der Waals surface area contributed by atoms with E-state index in [1.54, 1.807) is 4.68 Å². The summed E-state index contributed by atoms with van der Waals surface area (Å²) in [6.45, 7) is 2.43. The Hall–Kier alpha value is -3.91. The van der Waals surface area contributed by atoms with E-state index in [1.807, 2.05) is 85.8 Å². The van der Waals surface area contributed by atoms with E-state index in [9.17, 15) is 4.79 Å². The monoisotopic (exact) mass is 445 g/mol. The van der Waals surface area contributed by atoms with Crippen LogP contribution in [0.4, 0.5) is 5.69 Å². The Bertz CT molecular complexity index is 1250. The first-order chi connectivity index (χ1) is 15.6. The number of aryl methyl sites for hydroxylation is 1. The van der Waals surface area contributed by atoms with Gasteiger partial charge in [-0.3, -0.25) is 4.79 Å². The fourth-order valence-corrected chi connectivity index (χ4v) is 3.32. The average molecular weight is 446 g/mol. The minimum absolute atomic E-state index is 0.0737. The van der Waals surface area contributed by atoms with Crippen LogP contribution < -0.4 is 15.5 Å². The molecule has 0 unspecified atom stereocenters. The molecule has 1 heterocycles. The van der Waals surface area contributed by atoms with E-state index in [1.165, 1.54) is 0 Å². The molecule has 3 N–H and O–H groups in total. The highest BCUT2D eigenvalue weighted by Gasteiger charge is 2.09. The van der Waals surface area contributed by atoms with Crippen LogP contribution in [0.15, 0.2) is 78.9 Å². The van der Waals surface area contributed by atoms with Crippen LogP contribution in [-0.2, 0) is 11.3 Å². The Kier molecular flexibility index (Phi) is 6.62. The number of amides is 1. The zero-order valence-corrected chi connectivity index (χ0v) is 18.4. The van der Waals surface area contributed by atoms with Gasteiger partial charge in [0.15, 0.2) is 12.4 Å². The molecular weight excluding hydrogens is 422 g/mol. The molecule has 0 fully saturated rings. The highest BCUT2D eigenvalue weighted by molar-refractivity contribution is 7.71. The molecule has 0 atom stereocenters. The van der Waals surface area contributed by atoms with Crippen LogP contribution in [0.5, 0.6) is 5.75 Å². The molecule has 4 rings (SSSR count). The highest BCUT2D eigenvalue weighted by atomic mass is 32.1. The van der Waals surface area contributed by atoms with Gasteiger partial charge in [0, 0.05) is 11.3 Å². The Balaban J connectivity index is 1.36. The lowest BCUT2D eigenvalue weighted by atomic mass is 10.2. The summed E-state index contributed by atoms with van der Waals surface area (Å²) in [5.74, 6) is 1.10. The Labute approximate surface area is 191 Å². The van der Waals surface area contributed by atoms with E-state index >= 15 is 0 Å². The average Bonchev–Trinajstić information content (AvgIpc) is 3.19. The number of rotatable bonds is 8. The number of nitrogens with one attached hydrogen (secondary N) is 3. The van der Waals surface area contributed by atoms with Gasteiger partial charge >= 0.3 is 0 Å². The third-order valence-corrected chi connectivity index (χ3v) is 5.02. The van der Waals surface area contributed by atoms with Crippen LogP contribution >= 0.6 is 12.2 Å². The fourth-order valence-electron chi connectivity index (χ4n) is 3.12. The predicted molar refractivity (Wildman–Crippen MR) is 128 cm³/mol. The van der Waals surface area contributed by atoms with E-state index < -0.39 is 0 Å². The predicted octanol–water partition coefficient (Wildman–Crippen LogP) is 4.68. The molecule has 0 aliphatic carbocycles. The molecule has 0 bridgehead atoms. The van der Waals surface area contributed by atoms with Gasteiger partial charge in [0.25, 0.3) is 5.91 Å². The van der Waals surface area contributed by atoms with Gasteiger partial charge in [-0.25, -0.2) is 9.77 Å². The van der Waals surface area contributed by atoms with Crippen molar-refractivity contribution in [1.29, 1.82) is 0 Å². The SMILES string of the molecule is Cc1ccc(NC(=O)COc2cccc(CNn3c(-c4ccccc4)n[nH]c3=S)c2)cc1. The molecule has 1 amide bonds. The second-order valence-electron chi connectivity index (χ2n) is 7.24. The van der Waals surface area contributed by atoms with Gasteiger partial charge in [-0.05, 0) is 49.0 Å². The molecule has 3 aromatic carbocycles. The molecule has 0 saturated heterocycles. The zero-order valence-electron chi connectivity index (χ0n) is 17.5. The van der Waals surface area contributed by atoms with Crippen molar-refractivity contribution in [2.75, 3.05) is 17.3 Å². The smallest absolute Gasteiger partial charge is 0.262 e. The van der Waals surface area contributed by atoms with Crippen molar-refractivity contribution in [1.82, 2.24) is 14.9 Å². The fraction of sp³-hybridized carbons (Fsp3) is 0.125. The molecule has 0 spiro atoms. The van der Waals surface area contributed by atoms with Crippen LogP contribution in [0.25, 0.3) is 11.4 Å². The number of hydrogen-bond donors (Lipinski definition) is 3. The lowest BCUT2D eigenvalue weighted by Gasteiger charge is -2.12. The molecular formula is C24H23N5O2S. The van der Waals surface area contributed by atoms with E-state index in [4.69, 9.17) is 17.0 Å². The second-order valence-corrected chi connectivity index (χ2v) is 7.63. The molecule has 0 aliphatic rings. The van der Waals surface area contributed by atoms with E-state index in [2.05, 4.69) is 20.9 Å². The van der Waals surface area contributed by atoms with Gasteiger partial charge in [0.1, 0.15) is 5.75 Å². The van der Waals surface area contributed by atoms with Crippen molar-refractivity contribution in [3.63, 3.8) is 0 Å². The highest BCUT2D eigenvalue weighted by Crippen LogP contribution is 2.17. The van der Waals surface area contributed by atoms with Crippen LogP contribution in [0.3, 0.4) is 0 Å². The summed E-state index contributed by atoms with van der Waals surface area (Å²) < 4.78 is 7.89. The lowest BCUT2D eigenvalue weighted by Crippen LogP contribution is -2.20. The largest absolute Gasteiger partial charge is 0.484 e. The summed E-state index contributed by atoms with van der Waals surface area (Å²) in [5.41, 5.74) is 7.09. The molecule has 0 aliphatic heterocycles. The van der Waals surface area contributed by atoms with Crippen LogP contribution in [0, 0.1) is 11.7 Å². The van der Waals surface area contributed by atoms with E-state index in [0.29, 0.717) is 22.9 Å². The number of carbonyl (C=O) groups excluding carboxylic acids is 1. The number of ether oxygens (including phenoxy) is 1. The minimum Gasteiger partial charge on any atom is -0.484 e. The van der Waals surface area contributed by atoms with Crippen LogP contribution in [0.2, 0.25) is 0 Å².